The van der Waals surface area contributed by atoms with E-state index in [1.54, 1.807) is 20.9 Å². The van der Waals surface area contributed by atoms with Gasteiger partial charge in [0.1, 0.15) is 5.54 Å². The number of alkyl halides is 2. The number of carbonyl (C=O) groups is 1. The molecular weight excluding hydrogens is 228 g/mol. The molecule has 0 heterocycles. The van der Waals surface area contributed by atoms with Crippen LogP contribution in [0.15, 0.2) is 0 Å². The summed E-state index contributed by atoms with van der Waals surface area (Å²) >= 11 is 0. The van der Waals surface area contributed by atoms with Crippen LogP contribution < -0.4 is 5.32 Å². The van der Waals surface area contributed by atoms with Gasteiger partial charge in [-0.1, -0.05) is 13.3 Å². The van der Waals surface area contributed by atoms with E-state index in [0.717, 1.165) is 0 Å². The minimum absolute atomic E-state index is 0.119. The van der Waals surface area contributed by atoms with Crippen LogP contribution in [0.5, 0.6) is 0 Å². The third kappa shape index (κ3) is 3.15. The second-order valence-corrected chi connectivity index (χ2v) is 4.65. The van der Waals surface area contributed by atoms with Crippen molar-refractivity contribution in [1.82, 2.24) is 5.32 Å². The van der Waals surface area contributed by atoms with Crippen molar-refractivity contribution in [2.24, 2.45) is 5.92 Å². The SMILES string of the molecule is CCCC(F)(F)CC1CC1(NC)C(=O)OCC. The van der Waals surface area contributed by atoms with Gasteiger partial charge in [-0.05, 0) is 26.3 Å². The van der Waals surface area contributed by atoms with Gasteiger partial charge in [0.05, 0.1) is 6.61 Å². The first-order valence-electron chi connectivity index (χ1n) is 6.15. The second kappa shape index (κ2) is 5.29. The summed E-state index contributed by atoms with van der Waals surface area (Å²) in [7, 11) is 1.62. The zero-order chi connectivity index (χ0) is 13.1. The minimum atomic E-state index is -2.68. The summed E-state index contributed by atoms with van der Waals surface area (Å²) in [6, 6.07) is 0. The summed E-state index contributed by atoms with van der Waals surface area (Å²) in [5.41, 5.74) is -0.868. The fourth-order valence-corrected chi connectivity index (χ4v) is 2.32. The molecule has 1 aliphatic rings. The van der Waals surface area contributed by atoms with Gasteiger partial charge in [-0.2, -0.15) is 0 Å². The summed E-state index contributed by atoms with van der Waals surface area (Å²) in [5.74, 6) is -3.39. The van der Waals surface area contributed by atoms with Crippen LogP contribution in [0, 0.1) is 5.92 Å². The molecule has 2 unspecified atom stereocenters. The zero-order valence-corrected chi connectivity index (χ0v) is 10.7. The Morgan fingerprint density at radius 2 is 2.18 bits per heavy atom. The normalized spacial score (nSPS) is 27.9. The monoisotopic (exact) mass is 249 g/mol. The number of halogens is 2. The van der Waals surface area contributed by atoms with Gasteiger partial charge in [0, 0.05) is 12.8 Å². The second-order valence-electron chi connectivity index (χ2n) is 4.65. The number of carbonyl (C=O) groups excluding carboxylic acids is 1. The van der Waals surface area contributed by atoms with E-state index in [4.69, 9.17) is 4.74 Å². The van der Waals surface area contributed by atoms with Crippen LogP contribution in [-0.4, -0.2) is 31.1 Å². The number of nitrogens with one attached hydrogen (secondary N) is 1. The van der Waals surface area contributed by atoms with Gasteiger partial charge >= 0.3 is 5.97 Å². The Balaban J connectivity index is 2.57. The molecule has 0 aromatic rings. The number of rotatable bonds is 7. The molecule has 0 aromatic heterocycles. The lowest BCUT2D eigenvalue weighted by Gasteiger charge is -2.19. The summed E-state index contributed by atoms with van der Waals surface area (Å²) in [6.07, 6.45) is 0.542. The van der Waals surface area contributed by atoms with Gasteiger partial charge in [-0.25, -0.2) is 8.78 Å². The Bertz CT molecular complexity index is 284. The number of esters is 1. The maximum Gasteiger partial charge on any atom is 0.326 e. The third-order valence-electron chi connectivity index (χ3n) is 3.35. The maximum atomic E-state index is 13.5. The molecule has 0 radical (unpaired) electrons. The molecule has 0 spiro atoms. The van der Waals surface area contributed by atoms with E-state index >= 15 is 0 Å². The molecule has 1 N–H and O–H groups in total. The molecule has 3 nitrogen and oxygen atoms in total. The minimum Gasteiger partial charge on any atom is -0.465 e. The Labute approximate surface area is 101 Å². The molecular formula is C12H21F2NO2. The third-order valence-corrected chi connectivity index (χ3v) is 3.35. The molecule has 1 fully saturated rings. The molecule has 2 atom stereocenters. The highest BCUT2D eigenvalue weighted by Crippen LogP contribution is 2.50. The predicted octanol–water partition coefficient (Wildman–Crippen LogP) is 2.35. The molecule has 1 saturated carbocycles. The van der Waals surface area contributed by atoms with Crippen LogP contribution in [0.3, 0.4) is 0 Å². The lowest BCUT2D eigenvalue weighted by atomic mass is 10.0. The predicted molar refractivity (Wildman–Crippen MR) is 61.0 cm³/mol. The van der Waals surface area contributed by atoms with Crippen LogP contribution in [0.2, 0.25) is 0 Å². The highest BCUT2D eigenvalue weighted by Gasteiger charge is 2.62. The summed E-state index contributed by atoms with van der Waals surface area (Å²) in [4.78, 5) is 11.7. The van der Waals surface area contributed by atoms with Crippen LogP contribution in [-0.2, 0) is 9.53 Å². The molecule has 1 rings (SSSR count). The number of hydrogen-bond acceptors (Lipinski definition) is 3. The average molecular weight is 249 g/mol. The number of ether oxygens (including phenoxy) is 1. The van der Waals surface area contributed by atoms with Gasteiger partial charge in [0.2, 0.25) is 5.92 Å². The molecule has 0 aromatic carbocycles. The smallest absolute Gasteiger partial charge is 0.326 e. The molecule has 1 aliphatic carbocycles. The average Bonchev–Trinajstić information content (AvgIpc) is 2.92. The molecule has 0 amide bonds. The topological polar surface area (TPSA) is 38.3 Å². The standard InChI is InChI=1S/C12H21F2NO2/c1-4-6-11(13,14)7-9-8-12(9,15-3)10(16)17-5-2/h9,15H,4-8H2,1-3H3. The lowest BCUT2D eigenvalue weighted by molar-refractivity contribution is -0.147. The van der Waals surface area contributed by atoms with Crippen LogP contribution in [0.1, 0.15) is 39.5 Å². The summed E-state index contributed by atoms with van der Waals surface area (Å²) < 4.78 is 31.8. The fraction of sp³-hybridized carbons (Fsp3) is 0.917. The fourth-order valence-electron chi connectivity index (χ4n) is 2.32. The van der Waals surface area contributed by atoms with Crippen molar-refractivity contribution in [3.05, 3.63) is 0 Å². The van der Waals surface area contributed by atoms with Crippen molar-refractivity contribution < 1.29 is 18.3 Å². The first kappa shape index (κ1) is 14.4. The van der Waals surface area contributed by atoms with Crippen LogP contribution in [0.25, 0.3) is 0 Å². The highest BCUT2D eigenvalue weighted by molar-refractivity contribution is 5.85. The quantitative estimate of drug-likeness (QED) is 0.704. The molecule has 5 heteroatoms. The highest BCUT2D eigenvalue weighted by atomic mass is 19.3. The Morgan fingerprint density at radius 1 is 1.53 bits per heavy atom. The largest absolute Gasteiger partial charge is 0.465 e. The first-order chi connectivity index (χ1) is 7.91. The van der Waals surface area contributed by atoms with Gasteiger partial charge in [0.15, 0.2) is 0 Å². The van der Waals surface area contributed by atoms with Crippen molar-refractivity contribution in [3.63, 3.8) is 0 Å². The van der Waals surface area contributed by atoms with E-state index in [9.17, 15) is 13.6 Å². The van der Waals surface area contributed by atoms with E-state index in [1.807, 2.05) is 0 Å². The van der Waals surface area contributed by atoms with Crippen molar-refractivity contribution >= 4 is 5.97 Å². The molecule has 0 saturated heterocycles. The van der Waals surface area contributed by atoms with E-state index in [-0.39, 0.29) is 25.4 Å². The van der Waals surface area contributed by atoms with Gasteiger partial charge in [0.25, 0.3) is 0 Å². The van der Waals surface area contributed by atoms with Crippen molar-refractivity contribution in [3.8, 4) is 0 Å². The Morgan fingerprint density at radius 3 is 2.65 bits per heavy atom. The van der Waals surface area contributed by atoms with Crippen LogP contribution in [0.4, 0.5) is 8.78 Å². The van der Waals surface area contributed by atoms with Gasteiger partial charge < -0.3 is 10.1 Å². The molecule has 17 heavy (non-hydrogen) atoms. The first-order valence-corrected chi connectivity index (χ1v) is 6.15. The van der Waals surface area contributed by atoms with Crippen molar-refractivity contribution in [2.75, 3.05) is 13.7 Å². The lowest BCUT2D eigenvalue weighted by Crippen LogP contribution is -2.41. The number of hydrogen-bond donors (Lipinski definition) is 1. The number of likely N-dealkylation sites (N-methyl/N-ethyl adjacent to an activating group) is 1. The zero-order valence-electron chi connectivity index (χ0n) is 10.7. The van der Waals surface area contributed by atoms with Crippen molar-refractivity contribution in [2.45, 2.75) is 51.0 Å². The summed E-state index contributed by atoms with van der Waals surface area (Å²) in [6.45, 7) is 3.72. The van der Waals surface area contributed by atoms with Gasteiger partial charge in [-0.15, -0.1) is 0 Å². The van der Waals surface area contributed by atoms with Gasteiger partial charge in [-0.3, -0.25) is 4.79 Å². The van der Waals surface area contributed by atoms with Crippen LogP contribution >= 0.6 is 0 Å². The maximum absolute atomic E-state index is 13.5. The van der Waals surface area contributed by atoms with Crippen molar-refractivity contribution in [1.29, 1.82) is 0 Å². The molecule has 100 valence electrons. The van der Waals surface area contributed by atoms with E-state index in [2.05, 4.69) is 5.32 Å². The van der Waals surface area contributed by atoms with E-state index in [0.29, 0.717) is 12.8 Å². The Hall–Kier alpha value is -0.710. The Kier molecular flexibility index (Phi) is 4.47. The van der Waals surface area contributed by atoms with E-state index in [1.165, 1.54) is 0 Å². The summed E-state index contributed by atoms with van der Waals surface area (Å²) in [5, 5.41) is 2.84. The molecule has 0 bridgehead atoms. The van der Waals surface area contributed by atoms with E-state index < -0.39 is 17.4 Å². The molecule has 0 aliphatic heterocycles.